The summed E-state index contributed by atoms with van der Waals surface area (Å²) in [6.07, 6.45) is 43.2. The monoisotopic (exact) mass is 780 g/mol. The summed E-state index contributed by atoms with van der Waals surface area (Å²) in [6.45, 7) is 3.53. The van der Waals surface area contributed by atoms with Gasteiger partial charge in [0.2, 0.25) is 0 Å². The van der Waals surface area contributed by atoms with E-state index in [4.69, 9.17) is 29.0 Å². The highest BCUT2D eigenvalue weighted by molar-refractivity contribution is 7.47. The fourth-order valence-corrected chi connectivity index (χ4v) is 6.43. The Kier molecular flexibility index (Phi) is 32.3. The summed E-state index contributed by atoms with van der Waals surface area (Å²) in [5, 5.41) is 0. The maximum Gasteiger partial charge on any atom is 0.472 e. The lowest BCUT2D eigenvalue weighted by molar-refractivity contribution is -0.161. The Morgan fingerprint density at radius 2 is 1.19 bits per heavy atom. The predicted molar refractivity (Wildman–Crippen MR) is 219 cm³/mol. The smallest absolute Gasteiger partial charge is 0.462 e. The standard InChI is InChI=1S/C43H74NO9P/c1-3-5-6-7-8-9-10-14-18-21-24-27-30-33-42(45)49-37-39(38-51-54(47,48)50-36-35-44)52-43(46)34-31-28-25-22-19-16-13-11-12-15-17-20-23-26-29-32-41-40(4-2)53-41/h11-12,16-17,19-20,25-26,28-29,39-41H,3-10,13-15,18,21-24,27,30-38,44H2,1-2H3,(H,47,48). The summed E-state index contributed by atoms with van der Waals surface area (Å²) in [5.41, 5.74) is 5.33. The quantitative estimate of drug-likeness (QED) is 0.0205. The van der Waals surface area contributed by atoms with Crippen LogP contribution < -0.4 is 5.73 Å². The molecule has 0 amide bonds. The minimum absolute atomic E-state index is 0.0386. The van der Waals surface area contributed by atoms with Gasteiger partial charge in [-0.1, -0.05) is 152 Å². The van der Waals surface area contributed by atoms with E-state index in [0.29, 0.717) is 18.6 Å². The minimum atomic E-state index is -4.40. The lowest BCUT2D eigenvalue weighted by Gasteiger charge is -2.19. The van der Waals surface area contributed by atoms with Gasteiger partial charge in [-0.3, -0.25) is 18.6 Å². The first-order valence-corrected chi connectivity index (χ1v) is 22.4. The summed E-state index contributed by atoms with van der Waals surface area (Å²) < 4.78 is 38.2. The van der Waals surface area contributed by atoms with Crippen molar-refractivity contribution in [2.45, 2.75) is 173 Å². The Bertz CT molecular complexity index is 1140. The molecule has 1 rings (SSSR count). The van der Waals surface area contributed by atoms with Crippen molar-refractivity contribution in [2.75, 3.05) is 26.4 Å². The number of ether oxygens (including phenoxy) is 3. The van der Waals surface area contributed by atoms with Gasteiger partial charge in [-0.25, -0.2) is 4.57 Å². The summed E-state index contributed by atoms with van der Waals surface area (Å²) >= 11 is 0. The molecule has 1 aliphatic heterocycles. The lowest BCUT2D eigenvalue weighted by Crippen LogP contribution is -2.29. The summed E-state index contributed by atoms with van der Waals surface area (Å²) in [7, 11) is -4.40. The van der Waals surface area contributed by atoms with Crippen molar-refractivity contribution in [3.05, 3.63) is 60.8 Å². The zero-order chi connectivity index (χ0) is 39.4. The second kappa shape index (κ2) is 35.1. The van der Waals surface area contributed by atoms with Crippen LogP contribution >= 0.6 is 7.82 Å². The van der Waals surface area contributed by atoms with Crippen molar-refractivity contribution in [1.29, 1.82) is 0 Å². The highest BCUT2D eigenvalue weighted by Gasteiger charge is 2.35. The number of hydrogen-bond donors (Lipinski definition) is 2. The lowest BCUT2D eigenvalue weighted by atomic mass is 10.0. The zero-order valence-electron chi connectivity index (χ0n) is 33.6. The fraction of sp³-hybridized carbons (Fsp3) is 0.721. The molecule has 0 saturated carbocycles. The zero-order valence-corrected chi connectivity index (χ0v) is 34.5. The highest BCUT2D eigenvalue weighted by Crippen LogP contribution is 2.43. The number of rotatable bonds is 37. The normalized spacial score (nSPS) is 17.7. The van der Waals surface area contributed by atoms with Crippen LogP contribution in [0.5, 0.6) is 0 Å². The Morgan fingerprint density at radius 1 is 0.667 bits per heavy atom. The Morgan fingerprint density at radius 3 is 1.70 bits per heavy atom. The number of nitrogens with two attached hydrogens (primary N) is 1. The second-order valence-corrected chi connectivity index (χ2v) is 15.3. The van der Waals surface area contributed by atoms with E-state index in [9.17, 15) is 19.0 Å². The number of unbranched alkanes of at least 4 members (excludes halogenated alkanes) is 12. The van der Waals surface area contributed by atoms with Crippen LogP contribution in [0.2, 0.25) is 0 Å². The van der Waals surface area contributed by atoms with E-state index in [-0.39, 0.29) is 32.6 Å². The average molecular weight is 780 g/mol. The number of carbonyl (C=O) groups is 2. The number of epoxide rings is 1. The number of carbonyl (C=O) groups excluding carboxylic acids is 2. The van der Waals surface area contributed by atoms with Crippen LogP contribution in [0.3, 0.4) is 0 Å². The van der Waals surface area contributed by atoms with Gasteiger partial charge >= 0.3 is 19.8 Å². The number of allylic oxidation sites excluding steroid dienone is 9. The van der Waals surface area contributed by atoms with Gasteiger partial charge < -0.3 is 24.8 Å². The molecule has 0 spiro atoms. The van der Waals surface area contributed by atoms with Crippen LogP contribution in [0, 0.1) is 0 Å². The molecule has 3 N–H and O–H groups in total. The predicted octanol–water partition coefficient (Wildman–Crippen LogP) is 10.7. The third-order valence-corrected chi connectivity index (χ3v) is 9.89. The largest absolute Gasteiger partial charge is 0.472 e. The number of esters is 2. The van der Waals surface area contributed by atoms with E-state index in [1.165, 1.54) is 64.2 Å². The third kappa shape index (κ3) is 32.0. The Hall–Kier alpha value is -2.33. The molecule has 0 bridgehead atoms. The second-order valence-electron chi connectivity index (χ2n) is 13.9. The maximum atomic E-state index is 12.5. The van der Waals surface area contributed by atoms with Crippen LogP contribution in [0.25, 0.3) is 0 Å². The van der Waals surface area contributed by atoms with Gasteiger partial charge in [0.15, 0.2) is 6.10 Å². The molecule has 54 heavy (non-hydrogen) atoms. The molecule has 1 aliphatic rings. The average Bonchev–Trinajstić information content (AvgIpc) is 3.93. The van der Waals surface area contributed by atoms with Crippen LogP contribution in [-0.4, -0.2) is 61.5 Å². The van der Waals surface area contributed by atoms with Crippen LogP contribution in [0.4, 0.5) is 0 Å². The SMILES string of the molecule is CCCCCCCCCCCCCCCC(=O)OCC(COP(=O)(O)OCCN)OC(=O)CCC=CCC=CCC=CCC=CCC=CCC1OC1CC. The van der Waals surface area contributed by atoms with Crippen LogP contribution in [0.1, 0.15) is 155 Å². The van der Waals surface area contributed by atoms with Crippen molar-refractivity contribution in [2.24, 2.45) is 5.73 Å². The molecule has 0 radical (unpaired) electrons. The molecule has 4 unspecified atom stereocenters. The Balaban J connectivity index is 2.24. The molecule has 1 saturated heterocycles. The first-order valence-electron chi connectivity index (χ1n) is 20.9. The van der Waals surface area contributed by atoms with Gasteiger partial charge in [0.25, 0.3) is 0 Å². The Labute approximate surface area is 327 Å². The van der Waals surface area contributed by atoms with Gasteiger partial charge in [0.05, 0.1) is 25.4 Å². The molecule has 10 nitrogen and oxygen atoms in total. The van der Waals surface area contributed by atoms with Crippen molar-refractivity contribution in [3.8, 4) is 0 Å². The molecule has 11 heteroatoms. The third-order valence-electron chi connectivity index (χ3n) is 8.90. The van der Waals surface area contributed by atoms with E-state index in [1.54, 1.807) is 0 Å². The topological polar surface area (TPSA) is 147 Å². The van der Waals surface area contributed by atoms with Crippen molar-refractivity contribution < 1.29 is 42.3 Å². The summed E-state index contributed by atoms with van der Waals surface area (Å²) in [4.78, 5) is 34.8. The van der Waals surface area contributed by atoms with E-state index in [0.717, 1.165) is 57.8 Å². The van der Waals surface area contributed by atoms with Crippen molar-refractivity contribution in [3.63, 3.8) is 0 Å². The summed E-state index contributed by atoms with van der Waals surface area (Å²) in [6, 6.07) is 0. The molecule has 310 valence electrons. The first kappa shape index (κ1) is 49.7. The van der Waals surface area contributed by atoms with E-state index in [2.05, 4.69) is 62.5 Å². The minimum Gasteiger partial charge on any atom is -0.462 e. The van der Waals surface area contributed by atoms with Gasteiger partial charge in [-0.05, 0) is 51.4 Å². The molecule has 0 aliphatic carbocycles. The van der Waals surface area contributed by atoms with Gasteiger partial charge in [0.1, 0.15) is 6.61 Å². The molecule has 0 aromatic heterocycles. The molecular formula is C43H74NO9P. The molecular weight excluding hydrogens is 705 g/mol. The van der Waals surface area contributed by atoms with Crippen molar-refractivity contribution >= 4 is 19.8 Å². The molecule has 1 heterocycles. The van der Waals surface area contributed by atoms with E-state index in [1.807, 2.05) is 12.2 Å². The molecule has 0 aromatic rings. The molecule has 1 fully saturated rings. The first-order chi connectivity index (χ1) is 26.3. The maximum absolute atomic E-state index is 12.5. The van der Waals surface area contributed by atoms with Gasteiger partial charge in [0, 0.05) is 19.4 Å². The highest BCUT2D eigenvalue weighted by atomic mass is 31.2. The summed E-state index contributed by atoms with van der Waals surface area (Å²) in [5.74, 6) is -0.932. The van der Waals surface area contributed by atoms with Gasteiger partial charge in [-0.15, -0.1) is 0 Å². The number of phosphoric ester groups is 1. The fourth-order valence-electron chi connectivity index (χ4n) is 5.67. The van der Waals surface area contributed by atoms with Crippen LogP contribution in [-0.2, 0) is 37.4 Å². The van der Waals surface area contributed by atoms with E-state index >= 15 is 0 Å². The van der Waals surface area contributed by atoms with E-state index < -0.39 is 32.5 Å². The number of hydrogen-bond acceptors (Lipinski definition) is 9. The van der Waals surface area contributed by atoms with Gasteiger partial charge in [-0.2, -0.15) is 0 Å². The molecule has 0 aromatic carbocycles. The van der Waals surface area contributed by atoms with Crippen molar-refractivity contribution in [1.82, 2.24) is 0 Å². The number of phosphoric acid groups is 1. The molecule has 4 atom stereocenters. The van der Waals surface area contributed by atoms with Crippen LogP contribution in [0.15, 0.2) is 60.8 Å².